The van der Waals surface area contributed by atoms with Gasteiger partial charge < -0.3 is 10.0 Å². The molecule has 0 unspecified atom stereocenters. The van der Waals surface area contributed by atoms with Gasteiger partial charge in [0.1, 0.15) is 0 Å². The van der Waals surface area contributed by atoms with Crippen molar-refractivity contribution in [2.75, 3.05) is 4.90 Å². The summed E-state index contributed by atoms with van der Waals surface area (Å²) in [5.41, 5.74) is 0.677. The van der Waals surface area contributed by atoms with Gasteiger partial charge in [0.25, 0.3) is 5.91 Å². The molecule has 0 saturated heterocycles. The van der Waals surface area contributed by atoms with Crippen LogP contribution in [0.3, 0.4) is 0 Å². The number of rotatable bonds is 3. The number of sulfone groups is 1. The van der Waals surface area contributed by atoms with Crippen LogP contribution in [0.1, 0.15) is 26.3 Å². The lowest BCUT2D eigenvalue weighted by atomic mass is 10.1. The number of carboxylic acids is 1. The van der Waals surface area contributed by atoms with Crippen LogP contribution in [-0.2, 0) is 16.4 Å². The van der Waals surface area contributed by atoms with Gasteiger partial charge in [0, 0.05) is 5.02 Å². The molecule has 0 atom stereocenters. The third-order valence-electron chi connectivity index (χ3n) is 4.67. The lowest BCUT2D eigenvalue weighted by molar-refractivity contribution is 0.0696. The van der Waals surface area contributed by atoms with E-state index in [1.165, 1.54) is 35.2 Å². The Morgan fingerprint density at radius 2 is 1.72 bits per heavy atom. The van der Waals surface area contributed by atoms with Crippen LogP contribution in [0.4, 0.5) is 5.69 Å². The Morgan fingerprint density at radius 3 is 2.45 bits per heavy atom. The molecule has 8 heteroatoms. The van der Waals surface area contributed by atoms with Crippen LogP contribution < -0.4 is 4.90 Å². The lowest BCUT2D eigenvalue weighted by Gasteiger charge is -2.23. The number of carboxylic acid groups (broad SMARTS) is 1. The predicted molar refractivity (Wildman–Crippen MR) is 107 cm³/mol. The number of hydrogen-bond donors (Lipinski definition) is 1. The van der Waals surface area contributed by atoms with Crippen molar-refractivity contribution in [3.05, 3.63) is 88.4 Å². The molecular weight excluding hydrogens is 414 g/mol. The van der Waals surface area contributed by atoms with Gasteiger partial charge in [-0.15, -0.1) is 0 Å². The van der Waals surface area contributed by atoms with E-state index in [9.17, 15) is 23.1 Å². The molecule has 0 aromatic heterocycles. The molecule has 0 saturated carbocycles. The molecule has 1 aliphatic heterocycles. The number of carbonyl (C=O) groups is 2. The number of amides is 1. The summed E-state index contributed by atoms with van der Waals surface area (Å²) in [5, 5.41) is 9.80. The molecule has 0 radical (unpaired) electrons. The van der Waals surface area contributed by atoms with Crippen LogP contribution in [-0.4, -0.2) is 25.4 Å². The minimum atomic E-state index is -4.11. The molecule has 3 aromatic carbocycles. The summed E-state index contributed by atoms with van der Waals surface area (Å²) in [4.78, 5) is 25.7. The molecule has 0 aliphatic carbocycles. The number of hydrogen-bond acceptors (Lipinski definition) is 4. The predicted octanol–water partition coefficient (Wildman–Crippen LogP) is 4.03. The third-order valence-corrected chi connectivity index (χ3v) is 6.75. The SMILES string of the molecule is O=C(O)c1ccc2c(c1)S(=O)(=O)c1ccccc1C(=O)N2Cc1cccc(Cl)c1. The Bertz CT molecular complexity index is 1270. The van der Waals surface area contributed by atoms with Crippen molar-refractivity contribution in [2.24, 2.45) is 0 Å². The first-order valence-electron chi connectivity index (χ1n) is 8.57. The number of anilines is 1. The molecule has 1 N–H and O–H groups in total. The highest BCUT2D eigenvalue weighted by molar-refractivity contribution is 7.91. The molecule has 6 nitrogen and oxygen atoms in total. The van der Waals surface area contributed by atoms with Crippen molar-refractivity contribution >= 4 is 39.0 Å². The van der Waals surface area contributed by atoms with Crippen LogP contribution in [0, 0.1) is 0 Å². The van der Waals surface area contributed by atoms with Gasteiger partial charge >= 0.3 is 5.97 Å². The standard InChI is InChI=1S/C21H14ClNO5S/c22-15-5-3-4-13(10-15)12-23-17-9-8-14(21(25)26)11-19(17)29(27,28)18-7-2-1-6-16(18)20(23)24/h1-11H,12H2,(H,25,26). The van der Waals surface area contributed by atoms with E-state index in [0.29, 0.717) is 10.6 Å². The molecule has 4 rings (SSSR count). The number of nitrogens with zero attached hydrogens (tertiary/aromatic N) is 1. The number of carbonyl (C=O) groups excluding carboxylic acids is 1. The van der Waals surface area contributed by atoms with Crippen LogP contribution in [0.15, 0.2) is 76.5 Å². The summed E-state index contributed by atoms with van der Waals surface area (Å²) in [6.07, 6.45) is 0. The topological polar surface area (TPSA) is 91.7 Å². The molecule has 1 amide bonds. The van der Waals surface area contributed by atoms with Crippen molar-refractivity contribution in [2.45, 2.75) is 16.3 Å². The first kappa shape index (κ1) is 19.2. The monoisotopic (exact) mass is 427 g/mol. The first-order valence-corrected chi connectivity index (χ1v) is 10.4. The van der Waals surface area contributed by atoms with Crippen LogP contribution in [0.2, 0.25) is 5.02 Å². The minimum Gasteiger partial charge on any atom is -0.478 e. The summed E-state index contributed by atoms with van der Waals surface area (Å²) in [5.74, 6) is -1.75. The smallest absolute Gasteiger partial charge is 0.335 e. The Kier molecular flexibility index (Phi) is 4.64. The highest BCUT2D eigenvalue weighted by Crippen LogP contribution is 2.38. The second kappa shape index (κ2) is 7.02. The molecular formula is C21H14ClNO5S. The lowest BCUT2D eigenvalue weighted by Crippen LogP contribution is -2.30. The fraction of sp³-hybridized carbons (Fsp3) is 0.0476. The zero-order valence-corrected chi connectivity index (χ0v) is 16.4. The van der Waals surface area contributed by atoms with Crippen molar-refractivity contribution < 1.29 is 23.1 Å². The maximum absolute atomic E-state index is 13.3. The normalized spacial score (nSPS) is 14.7. The molecule has 1 heterocycles. The van der Waals surface area contributed by atoms with E-state index in [0.717, 1.165) is 6.07 Å². The van der Waals surface area contributed by atoms with Crippen molar-refractivity contribution in [3.8, 4) is 0 Å². The third kappa shape index (κ3) is 3.28. The van der Waals surface area contributed by atoms with Gasteiger partial charge in [-0.25, -0.2) is 13.2 Å². The van der Waals surface area contributed by atoms with Gasteiger partial charge in [-0.3, -0.25) is 4.79 Å². The molecule has 0 spiro atoms. The summed E-state index contributed by atoms with van der Waals surface area (Å²) < 4.78 is 26.6. The van der Waals surface area contributed by atoms with Gasteiger partial charge in [0.15, 0.2) is 0 Å². The summed E-state index contributed by atoms with van der Waals surface area (Å²) in [6, 6.07) is 16.5. The molecule has 3 aromatic rings. The number of halogens is 1. The van der Waals surface area contributed by atoms with E-state index < -0.39 is 21.7 Å². The molecule has 0 bridgehead atoms. The van der Waals surface area contributed by atoms with E-state index in [-0.39, 0.29) is 33.2 Å². The number of fused-ring (bicyclic) bond motifs is 2. The maximum Gasteiger partial charge on any atom is 0.335 e. The Hall–Kier alpha value is -3.16. The molecule has 29 heavy (non-hydrogen) atoms. The van der Waals surface area contributed by atoms with E-state index in [1.807, 2.05) is 0 Å². The van der Waals surface area contributed by atoms with Crippen molar-refractivity contribution in [1.29, 1.82) is 0 Å². The second-order valence-electron chi connectivity index (χ2n) is 6.51. The zero-order valence-electron chi connectivity index (χ0n) is 14.9. The fourth-order valence-electron chi connectivity index (χ4n) is 3.31. The average Bonchev–Trinajstić information content (AvgIpc) is 2.76. The summed E-state index contributed by atoms with van der Waals surface area (Å²) in [7, 11) is -4.11. The second-order valence-corrected chi connectivity index (χ2v) is 8.83. The van der Waals surface area contributed by atoms with Crippen molar-refractivity contribution in [1.82, 2.24) is 0 Å². The van der Waals surface area contributed by atoms with Crippen LogP contribution >= 0.6 is 11.6 Å². The van der Waals surface area contributed by atoms with E-state index in [1.54, 1.807) is 30.3 Å². The molecule has 146 valence electrons. The maximum atomic E-state index is 13.3. The average molecular weight is 428 g/mol. The van der Waals surface area contributed by atoms with Gasteiger partial charge in [0.2, 0.25) is 9.84 Å². The zero-order chi connectivity index (χ0) is 20.8. The fourth-order valence-corrected chi connectivity index (χ4v) is 5.20. The highest BCUT2D eigenvalue weighted by Gasteiger charge is 2.36. The minimum absolute atomic E-state index is 0.0302. The van der Waals surface area contributed by atoms with Crippen LogP contribution in [0.25, 0.3) is 0 Å². The van der Waals surface area contributed by atoms with Gasteiger partial charge in [-0.05, 0) is 48.0 Å². The summed E-state index contributed by atoms with van der Waals surface area (Å²) >= 11 is 6.05. The van der Waals surface area contributed by atoms with Crippen LogP contribution in [0.5, 0.6) is 0 Å². The van der Waals surface area contributed by atoms with E-state index in [4.69, 9.17) is 11.6 Å². The highest BCUT2D eigenvalue weighted by atomic mass is 35.5. The molecule has 0 fully saturated rings. The Morgan fingerprint density at radius 1 is 0.966 bits per heavy atom. The van der Waals surface area contributed by atoms with Crippen molar-refractivity contribution in [3.63, 3.8) is 0 Å². The van der Waals surface area contributed by atoms with E-state index >= 15 is 0 Å². The number of benzene rings is 3. The Balaban J connectivity index is 1.99. The van der Waals surface area contributed by atoms with E-state index in [2.05, 4.69) is 0 Å². The largest absolute Gasteiger partial charge is 0.478 e. The van der Waals surface area contributed by atoms with Gasteiger partial charge in [0.05, 0.1) is 33.2 Å². The Labute approximate surface area is 171 Å². The number of aromatic carboxylic acids is 1. The summed E-state index contributed by atoms with van der Waals surface area (Å²) in [6.45, 7) is 0.0721. The quantitative estimate of drug-likeness (QED) is 0.681. The van der Waals surface area contributed by atoms with Gasteiger partial charge in [-0.2, -0.15) is 0 Å². The van der Waals surface area contributed by atoms with Gasteiger partial charge in [-0.1, -0.05) is 35.9 Å². The molecule has 1 aliphatic rings. The first-order chi connectivity index (χ1) is 13.8.